The molecular weight excluding hydrogens is 346 g/mol. The largest absolute Gasteiger partial charge is 0.461 e. The summed E-state index contributed by atoms with van der Waals surface area (Å²) in [6.07, 6.45) is 0.672. The monoisotopic (exact) mass is 363 g/mol. The van der Waals surface area contributed by atoms with Crippen molar-refractivity contribution in [2.45, 2.75) is 38.8 Å². The van der Waals surface area contributed by atoms with Crippen molar-refractivity contribution in [1.29, 1.82) is 0 Å². The molecule has 0 saturated carbocycles. The summed E-state index contributed by atoms with van der Waals surface area (Å²) < 4.78 is 6.04. The van der Waals surface area contributed by atoms with Gasteiger partial charge in [-0.2, -0.15) is 0 Å². The van der Waals surface area contributed by atoms with Crippen molar-refractivity contribution in [3.05, 3.63) is 51.3 Å². The van der Waals surface area contributed by atoms with Gasteiger partial charge in [-0.25, -0.2) is 4.79 Å². The summed E-state index contributed by atoms with van der Waals surface area (Å²) in [5, 5.41) is 5.16. The number of hydrogen-bond donors (Lipinski definition) is 0. The maximum atomic E-state index is 11.8. The van der Waals surface area contributed by atoms with E-state index in [1.54, 1.807) is 13.8 Å². The summed E-state index contributed by atoms with van der Waals surface area (Å²) in [7, 11) is 0. The van der Waals surface area contributed by atoms with Gasteiger partial charge in [0, 0.05) is 4.47 Å². The van der Waals surface area contributed by atoms with Crippen molar-refractivity contribution in [2.75, 3.05) is 0 Å². The van der Waals surface area contributed by atoms with E-state index in [4.69, 9.17) is 4.74 Å². The molecule has 0 saturated heterocycles. The van der Waals surface area contributed by atoms with Crippen molar-refractivity contribution < 1.29 is 9.53 Å². The summed E-state index contributed by atoms with van der Waals surface area (Å²) in [5.41, 5.74) is 1.05. The minimum Gasteiger partial charge on any atom is -0.461 e. The summed E-state index contributed by atoms with van der Waals surface area (Å²) in [5.74, 6) is -0.554. The first-order valence-corrected chi connectivity index (χ1v) is 8.01. The first-order valence-electron chi connectivity index (χ1n) is 7.22. The molecule has 0 aromatic heterocycles. The first kappa shape index (κ1) is 16.6. The van der Waals surface area contributed by atoms with E-state index in [-0.39, 0.29) is 6.10 Å². The fourth-order valence-electron chi connectivity index (χ4n) is 2.29. The minimum atomic E-state index is -0.958. The van der Waals surface area contributed by atoms with Gasteiger partial charge in [0.05, 0.1) is 6.10 Å². The quantitative estimate of drug-likeness (QED) is 0.555. The van der Waals surface area contributed by atoms with Crippen LogP contribution in [0.3, 0.4) is 0 Å². The highest BCUT2D eigenvalue weighted by Gasteiger charge is 2.22. The highest BCUT2D eigenvalue weighted by Crippen LogP contribution is 2.29. The van der Waals surface area contributed by atoms with Crippen LogP contribution in [0.5, 0.6) is 0 Å². The summed E-state index contributed by atoms with van der Waals surface area (Å²) in [6, 6.07) is 11.1. The van der Waals surface area contributed by atoms with Crippen LogP contribution in [0, 0.1) is 4.91 Å². The van der Waals surface area contributed by atoms with Gasteiger partial charge in [-0.05, 0) is 59.0 Å². The molecule has 1 atom stereocenters. The van der Waals surface area contributed by atoms with Crippen LogP contribution in [0.15, 0.2) is 46.0 Å². The number of carbonyl (C=O) groups excluding carboxylic acids is 1. The number of nitrogens with zero attached hydrogens (tertiary/aromatic N) is 1. The molecule has 5 heteroatoms. The number of nitroso groups, excluding NO2 is 1. The normalized spacial score (nSPS) is 12.4. The Kier molecular flexibility index (Phi) is 5.66. The average Bonchev–Trinajstić information content (AvgIpc) is 2.49. The van der Waals surface area contributed by atoms with Gasteiger partial charge in [-0.3, -0.25) is 0 Å². The molecule has 0 spiro atoms. The first-order chi connectivity index (χ1) is 10.5. The van der Waals surface area contributed by atoms with Gasteiger partial charge in [0.2, 0.25) is 0 Å². The Hall–Kier alpha value is -1.75. The molecule has 2 aromatic carbocycles. The maximum Gasteiger partial charge on any atom is 0.334 e. The molecule has 2 rings (SSSR count). The van der Waals surface area contributed by atoms with Gasteiger partial charge < -0.3 is 4.74 Å². The predicted octanol–water partition coefficient (Wildman–Crippen LogP) is 4.62. The van der Waals surface area contributed by atoms with Crippen molar-refractivity contribution in [1.82, 2.24) is 0 Å². The van der Waals surface area contributed by atoms with Gasteiger partial charge in [0.1, 0.15) is 0 Å². The Morgan fingerprint density at radius 2 is 1.95 bits per heavy atom. The Morgan fingerprint density at radius 1 is 1.23 bits per heavy atom. The molecule has 116 valence electrons. The number of carbonyl (C=O) groups is 1. The molecule has 0 radical (unpaired) electrons. The topological polar surface area (TPSA) is 55.7 Å². The zero-order valence-corrected chi connectivity index (χ0v) is 14.2. The van der Waals surface area contributed by atoms with Gasteiger partial charge in [-0.1, -0.05) is 41.6 Å². The number of ether oxygens (including phenoxy) is 1. The molecule has 0 aliphatic rings. The van der Waals surface area contributed by atoms with Crippen LogP contribution in [-0.4, -0.2) is 18.1 Å². The third kappa shape index (κ3) is 3.91. The van der Waals surface area contributed by atoms with E-state index in [1.807, 2.05) is 36.4 Å². The third-order valence-electron chi connectivity index (χ3n) is 3.38. The van der Waals surface area contributed by atoms with Crippen molar-refractivity contribution in [3.63, 3.8) is 0 Å². The van der Waals surface area contributed by atoms with E-state index in [0.29, 0.717) is 12.8 Å². The molecule has 22 heavy (non-hydrogen) atoms. The predicted molar refractivity (Wildman–Crippen MR) is 90.8 cm³/mol. The Bertz CT molecular complexity index is 685. The molecule has 4 nitrogen and oxygen atoms in total. The molecule has 1 unspecified atom stereocenters. The highest BCUT2D eigenvalue weighted by molar-refractivity contribution is 9.10. The lowest BCUT2D eigenvalue weighted by atomic mass is 10.0. The summed E-state index contributed by atoms with van der Waals surface area (Å²) >= 11 is 3.61. The standard InChI is InChI=1S/C17H18BrNO3/c1-11(2)22-17(20)15(19-21)10-9-13-8-7-12-5-3-4-6-14(12)16(13)18/h3-8,11,15H,9-10H2,1-2H3. The van der Waals surface area contributed by atoms with Gasteiger partial charge in [0.25, 0.3) is 0 Å². The third-order valence-corrected chi connectivity index (χ3v) is 4.32. The van der Waals surface area contributed by atoms with Crippen LogP contribution in [0.25, 0.3) is 10.8 Å². The van der Waals surface area contributed by atoms with Crippen LogP contribution < -0.4 is 0 Å². The molecule has 0 aliphatic carbocycles. The van der Waals surface area contributed by atoms with E-state index in [2.05, 4.69) is 21.1 Å². The molecule has 0 heterocycles. The van der Waals surface area contributed by atoms with Crippen LogP contribution in [-0.2, 0) is 16.0 Å². The van der Waals surface area contributed by atoms with E-state index in [1.165, 1.54) is 0 Å². The molecule has 2 aromatic rings. The average molecular weight is 364 g/mol. The van der Waals surface area contributed by atoms with Gasteiger partial charge in [0.15, 0.2) is 6.04 Å². The molecular formula is C17H18BrNO3. The fraction of sp³-hybridized carbons (Fsp3) is 0.353. The van der Waals surface area contributed by atoms with E-state index >= 15 is 0 Å². The Morgan fingerprint density at radius 3 is 2.64 bits per heavy atom. The number of aryl methyl sites for hydroxylation is 1. The second-order valence-electron chi connectivity index (χ2n) is 5.41. The zero-order chi connectivity index (χ0) is 16.1. The minimum absolute atomic E-state index is 0.246. The lowest BCUT2D eigenvalue weighted by Gasteiger charge is -2.13. The second-order valence-corrected chi connectivity index (χ2v) is 6.20. The number of rotatable bonds is 6. The van der Waals surface area contributed by atoms with Crippen molar-refractivity contribution in [3.8, 4) is 0 Å². The smallest absolute Gasteiger partial charge is 0.334 e. The number of esters is 1. The van der Waals surface area contributed by atoms with E-state index < -0.39 is 12.0 Å². The second kappa shape index (κ2) is 7.49. The van der Waals surface area contributed by atoms with E-state index in [0.717, 1.165) is 20.8 Å². The number of fused-ring (bicyclic) bond motifs is 1. The number of halogens is 1. The summed E-state index contributed by atoms with van der Waals surface area (Å²) in [4.78, 5) is 22.7. The van der Waals surface area contributed by atoms with E-state index in [9.17, 15) is 9.70 Å². The van der Waals surface area contributed by atoms with Crippen molar-refractivity contribution >= 4 is 32.7 Å². The van der Waals surface area contributed by atoms with Crippen LogP contribution in [0.1, 0.15) is 25.8 Å². The zero-order valence-electron chi connectivity index (χ0n) is 12.6. The molecule has 0 N–H and O–H groups in total. The molecule has 0 bridgehead atoms. The lowest BCUT2D eigenvalue weighted by Crippen LogP contribution is -2.24. The van der Waals surface area contributed by atoms with Crippen molar-refractivity contribution in [2.24, 2.45) is 5.18 Å². The molecule has 0 aliphatic heterocycles. The SMILES string of the molecule is CC(C)OC(=O)C(CCc1ccc2ccccc2c1Br)N=O. The molecule has 0 fully saturated rings. The fourth-order valence-corrected chi connectivity index (χ4v) is 2.98. The van der Waals surface area contributed by atoms with Gasteiger partial charge in [-0.15, -0.1) is 4.91 Å². The maximum absolute atomic E-state index is 11.8. The Labute approximate surface area is 138 Å². The lowest BCUT2D eigenvalue weighted by molar-refractivity contribution is -0.149. The molecule has 0 amide bonds. The summed E-state index contributed by atoms with van der Waals surface area (Å²) in [6.45, 7) is 3.50. The van der Waals surface area contributed by atoms with Crippen LogP contribution >= 0.6 is 15.9 Å². The van der Waals surface area contributed by atoms with Crippen LogP contribution in [0.2, 0.25) is 0 Å². The van der Waals surface area contributed by atoms with Gasteiger partial charge >= 0.3 is 5.97 Å². The van der Waals surface area contributed by atoms with Crippen LogP contribution in [0.4, 0.5) is 0 Å². The highest BCUT2D eigenvalue weighted by atomic mass is 79.9. The number of hydrogen-bond acceptors (Lipinski definition) is 4. The number of benzene rings is 2. The Balaban J connectivity index is 2.12.